The lowest BCUT2D eigenvalue weighted by Gasteiger charge is -2.21. The molecule has 1 aliphatic heterocycles. The smallest absolute Gasteiger partial charge is 0.0590 e. The highest BCUT2D eigenvalue weighted by molar-refractivity contribution is 5.16. The zero-order chi connectivity index (χ0) is 12.6. The van der Waals surface area contributed by atoms with E-state index in [1.807, 2.05) is 0 Å². The van der Waals surface area contributed by atoms with Crippen molar-refractivity contribution in [2.45, 2.75) is 51.2 Å². The summed E-state index contributed by atoms with van der Waals surface area (Å²) in [6.45, 7) is 4.28. The second-order valence-corrected chi connectivity index (χ2v) is 5.21. The van der Waals surface area contributed by atoms with Gasteiger partial charge >= 0.3 is 0 Å². The van der Waals surface area contributed by atoms with Crippen LogP contribution in [0.5, 0.6) is 0 Å². The quantitative estimate of drug-likeness (QED) is 0.799. The van der Waals surface area contributed by atoms with Crippen molar-refractivity contribution in [2.75, 3.05) is 13.2 Å². The van der Waals surface area contributed by atoms with Crippen LogP contribution in [0, 0.1) is 0 Å². The van der Waals surface area contributed by atoms with Crippen molar-refractivity contribution in [1.29, 1.82) is 0 Å². The summed E-state index contributed by atoms with van der Waals surface area (Å²) in [5.74, 6) is 0. The highest BCUT2D eigenvalue weighted by atomic mass is 16.5. The molecule has 0 spiro atoms. The van der Waals surface area contributed by atoms with Gasteiger partial charge in [0, 0.05) is 12.6 Å². The SMILES string of the molecule is CCCNC(Cc1ccccc1)CC1CCCO1. The first-order valence-electron chi connectivity index (χ1n) is 7.27. The first-order chi connectivity index (χ1) is 8.88. The number of ether oxygens (including phenoxy) is 1. The van der Waals surface area contributed by atoms with Crippen LogP contribution in [0.25, 0.3) is 0 Å². The van der Waals surface area contributed by atoms with Crippen molar-refractivity contribution in [3.63, 3.8) is 0 Å². The van der Waals surface area contributed by atoms with Gasteiger partial charge in [-0.3, -0.25) is 0 Å². The fourth-order valence-electron chi connectivity index (χ4n) is 2.63. The molecule has 100 valence electrons. The standard InChI is InChI=1S/C16H25NO/c1-2-10-17-15(13-16-9-6-11-18-16)12-14-7-4-3-5-8-14/h3-5,7-8,15-17H,2,6,9-13H2,1H3. The van der Waals surface area contributed by atoms with Crippen LogP contribution in [0.2, 0.25) is 0 Å². The van der Waals surface area contributed by atoms with Crippen LogP contribution in [0.4, 0.5) is 0 Å². The van der Waals surface area contributed by atoms with E-state index in [1.165, 1.54) is 24.8 Å². The Bertz CT molecular complexity index is 319. The molecular weight excluding hydrogens is 222 g/mol. The molecule has 2 heteroatoms. The molecule has 2 rings (SSSR count). The Labute approximate surface area is 111 Å². The van der Waals surface area contributed by atoms with Crippen molar-refractivity contribution in [1.82, 2.24) is 5.32 Å². The highest BCUT2D eigenvalue weighted by Gasteiger charge is 2.20. The van der Waals surface area contributed by atoms with E-state index in [1.54, 1.807) is 0 Å². The molecule has 1 fully saturated rings. The number of hydrogen-bond acceptors (Lipinski definition) is 2. The minimum Gasteiger partial charge on any atom is -0.378 e. The fourth-order valence-corrected chi connectivity index (χ4v) is 2.63. The molecule has 0 radical (unpaired) electrons. The Morgan fingerprint density at radius 1 is 1.33 bits per heavy atom. The minimum absolute atomic E-state index is 0.475. The average molecular weight is 247 g/mol. The summed E-state index contributed by atoms with van der Waals surface area (Å²) in [5, 5.41) is 3.66. The maximum atomic E-state index is 5.76. The predicted octanol–water partition coefficient (Wildman–Crippen LogP) is 3.17. The molecule has 2 atom stereocenters. The topological polar surface area (TPSA) is 21.3 Å². The molecular formula is C16H25NO. The van der Waals surface area contributed by atoms with Crippen molar-refractivity contribution < 1.29 is 4.74 Å². The van der Waals surface area contributed by atoms with E-state index >= 15 is 0 Å². The molecule has 0 bridgehead atoms. The molecule has 18 heavy (non-hydrogen) atoms. The van der Waals surface area contributed by atoms with Crippen LogP contribution in [0.3, 0.4) is 0 Å². The van der Waals surface area contributed by atoms with Gasteiger partial charge in [0.25, 0.3) is 0 Å². The molecule has 1 aliphatic rings. The van der Waals surface area contributed by atoms with E-state index < -0.39 is 0 Å². The second kappa shape index (κ2) is 7.55. The Morgan fingerprint density at radius 2 is 2.17 bits per heavy atom. The molecule has 1 heterocycles. The molecule has 1 saturated heterocycles. The third kappa shape index (κ3) is 4.43. The normalized spacial score (nSPS) is 21.1. The van der Waals surface area contributed by atoms with Crippen LogP contribution < -0.4 is 5.32 Å². The van der Waals surface area contributed by atoms with Crippen molar-refractivity contribution in [3.05, 3.63) is 35.9 Å². The van der Waals surface area contributed by atoms with Gasteiger partial charge < -0.3 is 10.1 Å². The highest BCUT2D eigenvalue weighted by Crippen LogP contribution is 2.18. The summed E-state index contributed by atoms with van der Waals surface area (Å²) in [6.07, 6.45) is 6.39. The Morgan fingerprint density at radius 3 is 2.83 bits per heavy atom. The molecule has 2 nitrogen and oxygen atoms in total. The van der Waals surface area contributed by atoms with Gasteiger partial charge in [0.1, 0.15) is 0 Å². The number of nitrogens with one attached hydrogen (secondary N) is 1. The molecule has 0 amide bonds. The first kappa shape index (κ1) is 13.6. The monoisotopic (exact) mass is 247 g/mol. The van der Waals surface area contributed by atoms with Crippen LogP contribution in [-0.2, 0) is 11.2 Å². The number of benzene rings is 1. The third-order valence-corrected chi connectivity index (χ3v) is 3.58. The van der Waals surface area contributed by atoms with Crippen LogP contribution in [-0.4, -0.2) is 25.3 Å². The van der Waals surface area contributed by atoms with Crippen LogP contribution in [0.1, 0.15) is 38.2 Å². The summed E-state index contributed by atoms with van der Waals surface area (Å²) in [7, 11) is 0. The number of hydrogen-bond donors (Lipinski definition) is 1. The molecule has 1 aromatic rings. The summed E-state index contributed by atoms with van der Waals surface area (Å²) < 4.78 is 5.76. The Balaban J connectivity index is 1.87. The maximum Gasteiger partial charge on any atom is 0.0590 e. The summed E-state index contributed by atoms with van der Waals surface area (Å²) in [4.78, 5) is 0. The van der Waals surface area contributed by atoms with Gasteiger partial charge in [-0.25, -0.2) is 0 Å². The van der Waals surface area contributed by atoms with Gasteiger partial charge in [0.15, 0.2) is 0 Å². The van der Waals surface area contributed by atoms with E-state index in [0.717, 1.165) is 26.0 Å². The molecule has 0 aliphatic carbocycles. The lowest BCUT2D eigenvalue weighted by atomic mass is 9.99. The van der Waals surface area contributed by atoms with E-state index in [0.29, 0.717) is 12.1 Å². The Kier molecular flexibility index (Phi) is 5.69. The zero-order valence-corrected chi connectivity index (χ0v) is 11.4. The minimum atomic E-state index is 0.475. The largest absolute Gasteiger partial charge is 0.378 e. The third-order valence-electron chi connectivity index (χ3n) is 3.58. The Hall–Kier alpha value is -0.860. The number of rotatable bonds is 7. The zero-order valence-electron chi connectivity index (χ0n) is 11.4. The maximum absolute atomic E-state index is 5.76. The average Bonchev–Trinajstić information content (AvgIpc) is 2.90. The van der Waals surface area contributed by atoms with Gasteiger partial charge in [0.2, 0.25) is 0 Å². The molecule has 2 unspecified atom stereocenters. The summed E-state index contributed by atoms with van der Waals surface area (Å²) >= 11 is 0. The van der Waals surface area contributed by atoms with Crippen molar-refractivity contribution in [3.8, 4) is 0 Å². The van der Waals surface area contributed by atoms with Crippen molar-refractivity contribution in [2.24, 2.45) is 0 Å². The summed E-state index contributed by atoms with van der Waals surface area (Å²) in [5.41, 5.74) is 1.42. The van der Waals surface area contributed by atoms with Gasteiger partial charge in [0.05, 0.1) is 6.10 Å². The predicted molar refractivity (Wildman–Crippen MR) is 75.8 cm³/mol. The van der Waals surface area contributed by atoms with Crippen LogP contribution in [0.15, 0.2) is 30.3 Å². The van der Waals surface area contributed by atoms with Gasteiger partial charge in [-0.05, 0) is 44.2 Å². The van der Waals surface area contributed by atoms with E-state index in [-0.39, 0.29) is 0 Å². The van der Waals surface area contributed by atoms with E-state index in [2.05, 4.69) is 42.6 Å². The molecule has 0 saturated carbocycles. The van der Waals surface area contributed by atoms with Crippen LogP contribution >= 0.6 is 0 Å². The van der Waals surface area contributed by atoms with Gasteiger partial charge in [-0.2, -0.15) is 0 Å². The lowest BCUT2D eigenvalue weighted by molar-refractivity contribution is 0.0946. The molecule has 0 aromatic heterocycles. The molecule has 1 aromatic carbocycles. The first-order valence-corrected chi connectivity index (χ1v) is 7.27. The van der Waals surface area contributed by atoms with Gasteiger partial charge in [-0.1, -0.05) is 37.3 Å². The van der Waals surface area contributed by atoms with Crippen molar-refractivity contribution >= 4 is 0 Å². The molecule has 1 N–H and O–H groups in total. The lowest BCUT2D eigenvalue weighted by Crippen LogP contribution is -2.35. The summed E-state index contributed by atoms with van der Waals surface area (Å²) in [6, 6.07) is 11.3. The van der Waals surface area contributed by atoms with E-state index in [9.17, 15) is 0 Å². The second-order valence-electron chi connectivity index (χ2n) is 5.21. The fraction of sp³-hybridized carbons (Fsp3) is 0.625. The van der Waals surface area contributed by atoms with Gasteiger partial charge in [-0.15, -0.1) is 0 Å². The van der Waals surface area contributed by atoms with E-state index in [4.69, 9.17) is 4.74 Å².